The summed E-state index contributed by atoms with van der Waals surface area (Å²) in [5.41, 5.74) is 0. The highest BCUT2D eigenvalue weighted by Crippen LogP contribution is 2.20. The van der Waals surface area contributed by atoms with E-state index in [1.807, 2.05) is 20.8 Å². The quantitative estimate of drug-likeness (QED) is 0.674. The maximum Gasteiger partial charge on any atom is 0.599 e. The third-order valence-electron chi connectivity index (χ3n) is 3.47. The van der Waals surface area contributed by atoms with Gasteiger partial charge in [-0.1, -0.05) is 25.7 Å². The molecule has 0 saturated carbocycles. The monoisotopic (exact) mass is 289 g/mol. The van der Waals surface area contributed by atoms with Gasteiger partial charge in [0.25, 0.3) is 0 Å². The van der Waals surface area contributed by atoms with Crippen LogP contribution in [0, 0.1) is 0 Å². The summed E-state index contributed by atoms with van der Waals surface area (Å²) in [6, 6.07) is 0. The molecule has 1 rings (SSSR count). The molecule has 0 atom stereocenters. The van der Waals surface area contributed by atoms with Gasteiger partial charge in [-0.3, -0.25) is 4.57 Å². The lowest BCUT2D eigenvalue weighted by atomic mass is 10.1. The molecule has 1 fully saturated rings. The Kier molecular flexibility index (Phi) is 8.90. The summed E-state index contributed by atoms with van der Waals surface area (Å²) in [5.74, 6) is 0. The van der Waals surface area contributed by atoms with Gasteiger partial charge in [-0.25, -0.2) is 0 Å². The van der Waals surface area contributed by atoms with Crippen LogP contribution in [0.3, 0.4) is 0 Å². The summed E-state index contributed by atoms with van der Waals surface area (Å²) < 4.78 is 20.4. The van der Waals surface area contributed by atoms with Crippen LogP contribution in [0.2, 0.25) is 0 Å². The van der Waals surface area contributed by atoms with Gasteiger partial charge < -0.3 is 13.3 Å². The standard InChI is InChI=1S/C14H31NO3Si/c1-4-16-19(17-5-2,18-6-3)15-13-11-9-7-8-10-12-14-15/h4-14H2,1-3H3. The Bertz CT molecular complexity index is 202. The molecule has 0 radical (unpaired) electrons. The van der Waals surface area contributed by atoms with Gasteiger partial charge in [0.15, 0.2) is 0 Å². The van der Waals surface area contributed by atoms with Gasteiger partial charge in [0, 0.05) is 19.8 Å². The second-order valence-corrected chi connectivity index (χ2v) is 7.48. The third-order valence-corrected chi connectivity index (χ3v) is 6.66. The molecule has 0 aliphatic carbocycles. The normalized spacial score (nSPS) is 19.7. The van der Waals surface area contributed by atoms with Crippen molar-refractivity contribution in [2.45, 2.75) is 59.3 Å². The van der Waals surface area contributed by atoms with Crippen LogP contribution in [0.15, 0.2) is 0 Å². The fourth-order valence-electron chi connectivity index (χ4n) is 2.64. The van der Waals surface area contributed by atoms with E-state index in [1.165, 1.54) is 38.5 Å². The molecule has 5 heteroatoms. The Morgan fingerprint density at radius 1 is 0.684 bits per heavy atom. The zero-order valence-electron chi connectivity index (χ0n) is 13.0. The van der Waals surface area contributed by atoms with Crippen molar-refractivity contribution < 1.29 is 13.3 Å². The van der Waals surface area contributed by atoms with Crippen molar-refractivity contribution in [1.82, 2.24) is 4.57 Å². The largest absolute Gasteiger partial charge is 0.599 e. The van der Waals surface area contributed by atoms with Crippen LogP contribution in [0.1, 0.15) is 59.3 Å². The minimum atomic E-state index is -2.64. The van der Waals surface area contributed by atoms with Crippen LogP contribution < -0.4 is 0 Å². The van der Waals surface area contributed by atoms with Gasteiger partial charge in [-0.15, -0.1) is 0 Å². The summed E-state index contributed by atoms with van der Waals surface area (Å²) >= 11 is 0. The van der Waals surface area contributed by atoms with Crippen molar-refractivity contribution in [2.24, 2.45) is 0 Å². The van der Waals surface area contributed by atoms with E-state index in [9.17, 15) is 0 Å². The van der Waals surface area contributed by atoms with Crippen molar-refractivity contribution in [3.8, 4) is 0 Å². The molecule has 1 heterocycles. The first-order valence-electron chi connectivity index (χ1n) is 7.96. The molecule has 1 aliphatic rings. The van der Waals surface area contributed by atoms with Crippen LogP contribution in [0.5, 0.6) is 0 Å². The van der Waals surface area contributed by atoms with Crippen LogP contribution in [-0.2, 0) is 13.3 Å². The topological polar surface area (TPSA) is 30.9 Å². The molecule has 1 aliphatic heterocycles. The molecule has 0 spiro atoms. The second kappa shape index (κ2) is 9.88. The van der Waals surface area contributed by atoms with Gasteiger partial charge in [-0.2, -0.15) is 0 Å². The molecule has 4 nitrogen and oxygen atoms in total. The zero-order chi connectivity index (χ0) is 14.0. The summed E-state index contributed by atoms with van der Waals surface area (Å²) in [4.78, 5) is 0. The van der Waals surface area contributed by atoms with E-state index in [1.54, 1.807) is 0 Å². The lowest BCUT2D eigenvalue weighted by Gasteiger charge is -2.37. The minimum Gasteiger partial charge on any atom is -0.361 e. The van der Waals surface area contributed by atoms with Crippen molar-refractivity contribution in [3.63, 3.8) is 0 Å². The van der Waals surface area contributed by atoms with E-state index < -0.39 is 8.97 Å². The summed E-state index contributed by atoms with van der Waals surface area (Å²) in [6.45, 7) is 10.1. The molecular weight excluding hydrogens is 258 g/mol. The Labute approximate surface area is 119 Å². The molecule has 0 aromatic carbocycles. The SMILES string of the molecule is CCO[Si](OCC)(OCC)N1CCCCCCCC1. The van der Waals surface area contributed by atoms with Gasteiger partial charge in [0.05, 0.1) is 0 Å². The fourth-order valence-corrected chi connectivity index (χ4v) is 5.40. The Hall–Kier alpha value is 0.0569. The highest BCUT2D eigenvalue weighted by atomic mass is 28.4. The van der Waals surface area contributed by atoms with Crippen molar-refractivity contribution in [3.05, 3.63) is 0 Å². The molecule has 0 aromatic heterocycles. The van der Waals surface area contributed by atoms with E-state index in [0.717, 1.165) is 13.1 Å². The summed E-state index contributed by atoms with van der Waals surface area (Å²) in [7, 11) is -2.64. The van der Waals surface area contributed by atoms with Crippen LogP contribution >= 0.6 is 0 Å². The Morgan fingerprint density at radius 3 is 1.42 bits per heavy atom. The zero-order valence-corrected chi connectivity index (χ0v) is 14.0. The first-order chi connectivity index (χ1) is 9.29. The van der Waals surface area contributed by atoms with Crippen molar-refractivity contribution in [1.29, 1.82) is 0 Å². The van der Waals surface area contributed by atoms with Gasteiger partial charge in [0.1, 0.15) is 0 Å². The predicted molar refractivity (Wildman–Crippen MR) is 79.9 cm³/mol. The van der Waals surface area contributed by atoms with Gasteiger partial charge >= 0.3 is 8.97 Å². The lowest BCUT2D eigenvalue weighted by Crippen LogP contribution is -2.61. The van der Waals surface area contributed by atoms with Crippen LogP contribution in [0.4, 0.5) is 0 Å². The smallest absolute Gasteiger partial charge is 0.361 e. The molecule has 19 heavy (non-hydrogen) atoms. The number of nitrogens with zero attached hydrogens (tertiary/aromatic N) is 1. The van der Waals surface area contributed by atoms with Crippen LogP contribution in [0.25, 0.3) is 0 Å². The Morgan fingerprint density at radius 2 is 1.05 bits per heavy atom. The average molecular weight is 289 g/mol. The first-order valence-corrected chi connectivity index (χ1v) is 9.63. The second-order valence-electron chi connectivity index (χ2n) is 4.93. The number of hydrogen-bond acceptors (Lipinski definition) is 4. The summed E-state index contributed by atoms with van der Waals surface area (Å²) in [6.07, 6.45) is 7.79. The molecule has 0 bridgehead atoms. The third kappa shape index (κ3) is 5.51. The summed E-state index contributed by atoms with van der Waals surface area (Å²) in [5, 5.41) is 0. The maximum atomic E-state index is 6.01. The van der Waals surface area contributed by atoms with E-state index >= 15 is 0 Å². The lowest BCUT2D eigenvalue weighted by molar-refractivity contribution is 0.0161. The van der Waals surface area contributed by atoms with E-state index in [0.29, 0.717) is 19.8 Å². The molecule has 114 valence electrons. The average Bonchev–Trinajstić information content (AvgIpc) is 2.53. The molecule has 0 unspecified atom stereocenters. The van der Waals surface area contributed by atoms with Gasteiger partial charge in [0.2, 0.25) is 0 Å². The molecule has 0 aromatic rings. The highest BCUT2D eigenvalue weighted by molar-refractivity contribution is 6.57. The van der Waals surface area contributed by atoms with E-state index in [2.05, 4.69) is 4.57 Å². The fraction of sp³-hybridized carbons (Fsp3) is 1.00. The molecular formula is C14H31NO3Si. The highest BCUT2D eigenvalue weighted by Gasteiger charge is 2.48. The van der Waals surface area contributed by atoms with Crippen molar-refractivity contribution in [2.75, 3.05) is 32.9 Å². The van der Waals surface area contributed by atoms with Gasteiger partial charge in [-0.05, 0) is 46.7 Å². The molecule has 0 amide bonds. The predicted octanol–water partition coefficient (Wildman–Crippen LogP) is 3.19. The van der Waals surface area contributed by atoms with E-state index in [-0.39, 0.29) is 0 Å². The van der Waals surface area contributed by atoms with Crippen molar-refractivity contribution >= 4 is 8.97 Å². The van der Waals surface area contributed by atoms with E-state index in [4.69, 9.17) is 13.3 Å². The minimum absolute atomic E-state index is 0.655. The number of hydrogen-bond donors (Lipinski definition) is 0. The maximum absolute atomic E-state index is 6.01. The number of rotatable bonds is 7. The first kappa shape index (κ1) is 17.1. The molecule has 0 N–H and O–H groups in total. The Balaban J connectivity index is 2.77. The molecule has 1 saturated heterocycles. The van der Waals surface area contributed by atoms with Crippen LogP contribution in [-0.4, -0.2) is 46.4 Å².